The standard InChI is InChI=1S/C23H31N3O3S/c1-3-8-19(2)24-23(27)21-11-7-12-22(17-21)30(28,29)26-15-13-25(14-16-26)18-20-9-5-4-6-10-20/h4-7,9-12,17,19H,3,8,13-16,18H2,1-2H3,(H,24,27). The van der Waals surface area contributed by atoms with Crippen LogP contribution in [0.4, 0.5) is 0 Å². The zero-order valence-electron chi connectivity index (χ0n) is 17.8. The van der Waals surface area contributed by atoms with Gasteiger partial charge in [-0.25, -0.2) is 8.42 Å². The molecule has 2 aromatic carbocycles. The summed E-state index contributed by atoms with van der Waals surface area (Å²) < 4.78 is 27.8. The van der Waals surface area contributed by atoms with Crippen LogP contribution >= 0.6 is 0 Å². The van der Waals surface area contributed by atoms with Gasteiger partial charge in [-0.3, -0.25) is 9.69 Å². The van der Waals surface area contributed by atoms with Gasteiger partial charge in [0.05, 0.1) is 4.90 Å². The maximum Gasteiger partial charge on any atom is 0.251 e. The SMILES string of the molecule is CCCC(C)NC(=O)c1cccc(S(=O)(=O)N2CCN(Cc3ccccc3)CC2)c1. The lowest BCUT2D eigenvalue weighted by molar-refractivity contribution is 0.0938. The smallest absolute Gasteiger partial charge is 0.251 e. The predicted molar refractivity (Wildman–Crippen MR) is 119 cm³/mol. The molecule has 1 saturated heterocycles. The number of hydrogen-bond acceptors (Lipinski definition) is 4. The van der Waals surface area contributed by atoms with Crippen LogP contribution in [0.25, 0.3) is 0 Å². The second-order valence-electron chi connectivity index (χ2n) is 7.86. The average molecular weight is 430 g/mol. The molecular weight excluding hydrogens is 398 g/mol. The fourth-order valence-corrected chi connectivity index (χ4v) is 5.20. The molecule has 1 fully saturated rings. The molecule has 162 valence electrons. The van der Waals surface area contributed by atoms with E-state index in [-0.39, 0.29) is 16.8 Å². The molecule has 1 aliphatic heterocycles. The van der Waals surface area contributed by atoms with Crippen molar-refractivity contribution in [3.8, 4) is 0 Å². The Bertz CT molecular complexity index is 939. The Labute approximate surface area is 179 Å². The Hall–Kier alpha value is -2.22. The van der Waals surface area contributed by atoms with Crippen molar-refractivity contribution in [3.63, 3.8) is 0 Å². The Morgan fingerprint density at radius 2 is 1.73 bits per heavy atom. The number of benzene rings is 2. The minimum absolute atomic E-state index is 0.0560. The third-order valence-corrected chi connectivity index (χ3v) is 7.31. The van der Waals surface area contributed by atoms with Gasteiger partial charge in [0.15, 0.2) is 0 Å². The molecule has 6 nitrogen and oxygen atoms in total. The lowest BCUT2D eigenvalue weighted by Gasteiger charge is -2.34. The normalized spacial score (nSPS) is 16.9. The largest absolute Gasteiger partial charge is 0.350 e. The minimum atomic E-state index is -3.63. The molecule has 2 aromatic rings. The fourth-order valence-electron chi connectivity index (χ4n) is 3.73. The van der Waals surface area contributed by atoms with Crippen molar-refractivity contribution in [2.75, 3.05) is 26.2 Å². The van der Waals surface area contributed by atoms with Gasteiger partial charge in [0.1, 0.15) is 0 Å². The maximum atomic E-state index is 13.1. The van der Waals surface area contributed by atoms with E-state index in [1.54, 1.807) is 18.2 Å². The predicted octanol–water partition coefficient (Wildman–Crippen LogP) is 3.11. The van der Waals surface area contributed by atoms with Gasteiger partial charge in [0.25, 0.3) is 5.91 Å². The molecule has 1 N–H and O–H groups in total. The molecule has 1 amide bonds. The molecule has 0 aliphatic carbocycles. The molecule has 0 aromatic heterocycles. The van der Waals surface area contributed by atoms with Crippen LogP contribution in [-0.2, 0) is 16.6 Å². The number of piperazine rings is 1. The monoisotopic (exact) mass is 429 g/mol. The van der Waals surface area contributed by atoms with Crippen molar-refractivity contribution in [2.45, 2.75) is 44.2 Å². The molecule has 0 radical (unpaired) electrons. The first kappa shape index (κ1) is 22.5. The molecule has 1 atom stereocenters. The highest BCUT2D eigenvalue weighted by Gasteiger charge is 2.29. The van der Waals surface area contributed by atoms with E-state index in [0.717, 1.165) is 19.4 Å². The Morgan fingerprint density at radius 1 is 1.03 bits per heavy atom. The third-order valence-electron chi connectivity index (χ3n) is 5.41. The highest BCUT2D eigenvalue weighted by Crippen LogP contribution is 2.20. The fraction of sp³-hybridized carbons (Fsp3) is 0.435. The van der Waals surface area contributed by atoms with E-state index >= 15 is 0 Å². The molecule has 7 heteroatoms. The average Bonchev–Trinajstić information content (AvgIpc) is 2.75. The van der Waals surface area contributed by atoms with Gasteiger partial charge in [-0.1, -0.05) is 49.7 Å². The molecule has 1 unspecified atom stereocenters. The highest BCUT2D eigenvalue weighted by atomic mass is 32.2. The van der Waals surface area contributed by atoms with Crippen molar-refractivity contribution < 1.29 is 13.2 Å². The van der Waals surface area contributed by atoms with Crippen LogP contribution in [0.15, 0.2) is 59.5 Å². The second-order valence-corrected chi connectivity index (χ2v) is 9.79. The number of carbonyl (C=O) groups is 1. The van der Waals surface area contributed by atoms with Gasteiger partial charge in [-0.05, 0) is 37.1 Å². The minimum Gasteiger partial charge on any atom is -0.350 e. The Balaban J connectivity index is 1.64. The van der Waals surface area contributed by atoms with Gasteiger partial charge < -0.3 is 5.32 Å². The molecule has 1 heterocycles. The first-order chi connectivity index (χ1) is 14.4. The number of nitrogens with zero attached hydrogens (tertiary/aromatic N) is 2. The lowest BCUT2D eigenvalue weighted by Crippen LogP contribution is -2.48. The van der Waals surface area contributed by atoms with Crippen molar-refractivity contribution in [2.24, 2.45) is 0 Å². The van der Waals surface area contributed by atoms with Gasteiger partial charge >= 0.3 is 0 Å². The Morgan fingerprint density at radius 3 is 2.40 bits per heavy atom. The van der Waals surface area contributed by atoms with Crippen molar-refractivity contribution >= 4 is 15.9 Å². The molecule has 3 rings (SSSR count). The van der Waals surface area contributed by atoms with E-state index in [1.165, 1.54) is 15.9 Å². The second kappa shape index (κ2) is 10.2. The zero-order chi connectivity index (χ0) is 21.6. The van der Waals surface area contributed by atoms with Crippen molar-refractivity contribution in [1.29, 1.82) is 0 Å². The summed E-state index contributed by atoms with van der Waals surface area (Å²) in [7, 11) is -3.63. The molecule has 30 heavy (non-hydrogen) atoms. The quantitative estimate of drug-likeness (QED) is 0.700. The number of nitrogens with one attached hydrogen (secondary N) is 1. The molecule has 0 saturated carbocycles. The van der Waals surface area contributed by atoms with E-state index in [4.69, 9.17) is 0 Å². The molecule has 0 spiro atoms. The van der Waals surface area contributed by atoms with Crippen LogP contribution in [0.1, 0.15) is 42.6 Å². The van der Waals surface area contributed by atoms with E-state index in [1.807, 2.05) is 25.1 Å². The third kappa shape index (κ3) is 5.68. The zero-order valence-corrected chi connectivity index (χ0v) is 18.6. The first-order valence-electron chi connectivity index (χ1n) is 10.6. The van der Waals surface area contributed by atoms with Crippen LogP contribution in [0, 0.1) is 0 Å². The van der Waals surface area contributed by atoms with Crippen LogP contribution < -0.4 is 5.32 Å². The molecule has 0 bridgehead atoms. The summed E-state index contributed by atoms with van der Waals surface area (Å²) in [6.45, 7) is 7.09. The van der Waals surface area contributed by atoms with Crippen LogP contribution in [0.3, 0.4) is 0 Å². The van der Waals surface area contributed by atoms with Crippen molar-refractivity contribution in [3.05, 3.63) is 65.7 Å². The Kier molecular flexibility index (Phi) is 7.64. The van der Waals surface area contributed by atoms with Crippen LogP contribution in [-0.4, -0.2) is 55.8 Å². The summed E-state index contributed by atoms with van der Waals surface area (Å²) in [6.07, 6.45) is 1.86. The van der Waals surface area contributed by atoms with E-state index < -0.39 is 10.0 Å². The van der Waals surface area contributed by atoms with Gasteiger partial charge in [0.2, 0.25) is 10.0 Å². The lowest BCUT2D eigenvalue weighted by atomic mass is 10.1. The molecule has 1 aliphatic rings. The van der Waals surface area contributed by atoms with E-state index in [9.17, 15) is 13.2 Å². The van der Waals surface area contributed by atoms with Gasteiger partial charge in [0, 0.05) is 44.3 Å². The number of amides is 1. The number of hydrogen-bond donors (Lipinski definition) is 1. The summed E-state index contributed by atoms with van der Waals surface area (Å²) in [6, 6.07) is 16.6. The summed E-state index contributed by atoms with van der Waals surface area (Å²) in [5, 5.41) is 2.93. The number of rotatable bonds is 8. The number of carbonyl (C=O) groups excluding carboxylic acids is 1. The van der Waals surface area contributed by atoms with E-state index in [0.29, 0.717) is 31.7 Å². The van der Waals surface area contributed by atoms with Crippen LogP contribution in [0.5, 0.6) is 0 Å². The van der Waals surface area contributed by atoms with Crippen LogP contribution in [0.2, 0.25) is 0 Å². The van der Waals surface area contributed by atoms with E-state index in [2.05, 4.69) is 29.3 Å². The summed E-state index contributed by atoms with van der Waals surface area (Å²) in [4.78, 5) is 14.9. The van der Waals surface area contributed by atoms with Crippen molar-refractivity contribution in [1.82, 2.24) is 14.5 Å². The van der Waals surface area contributed by atoms with Gasteiger partial charge in [-0.15, -0.1) is 0 Å². The van der Waals surface area contributed by atoms with Gasteiger partial charge in [-0.2, -0.15) is 4.31 Å². The first-order valence-corrected chi connectivity index (χ1v) is 12.0. The number of sulfonamides is 1. The maximum absolute atomic E-state index is 13.1. The molecular formula is C23H31N3O3S. The highest BCUT2D eigenvalue weighted by molar-refractivity contribution is 7.89. The summed E-state index contributed by atoms with van der Waals surface area (Å²) in [5.74, 6) is -0.235. The summed E-state index contributed by atoms with van der Waals surface area (Å²) in [5.41, 5.74) is 1.60. The topological polar surface area (TPSA) is 69.7 Å². The summed E-state index contributed by atoms with van der Waals surface area (Å²) >= 11 is 0.